The summed E-state index contributed by atoms with van der Waals surface area (Å²) >= 11 is 0. The fourth-order valence-electron chi connectivity index (χ4n) is 2.37. The quantitative estimate of drug-likeness (QED) is 0.415. The first kappa shape index (κ1) is 20.6. The van der Waals surface area contributed by atoms with Crippen LogP contribution in [-0.2, 0) is 14.4 Å². The van der Waals surface area contributed by atoms with E-state index in [2.05, 4.69) is 5.32 Å². The van der Waals surface area contributed by atoms with E-state index in [9.17, 15) is 9.90 Å². The third kappa shape index (κ3) is 8.27. The second-order valence-electron chi connectivity index (χ2n) is 5.58. The van der Waals surface area contributed by atoms with Gasteiger partial charge in [0, 0.05) is 26.1 Å². The Morgan fingerprint density at radius 1 is 1.16 bits per heavy atom. The van der Waals surface area contributed by atoms with Crippen molar-refractivity contribution < 1.29 is 29.7 Å². The third-order valence-corrected chi connectivity index (χ3v) is 3.66. The Morgan fingerprint density at radius 2 is 1.80 bits per heavy atom. The van der Waals surface area contributed by atoms with Gasteiger partial charge in [0.25, 0.3) is 0 Å². The van der Waals surface area contributed by atoms with E-state index < -0.39 is 18.0 Å². The maximum absolute atomic E-state index is 11.4. The van der Waals surface area contributed by atoms with Crippen LogP contribution in [0.15, 0.2) is 30.3 Å². The zero-order chi connectivity index (χ0) is 18.7. The van der Waals surface area contributed by atoms with Crippen molar-refractivity contribution in [2.24, 2.45) is 0 Å². The topological polar surface area (TPSA) is 127 Å². The highest BCUT2D eigenvalue weighted by Crippen LogP contribution is 2.11. The summed E-state index contributed by atoms with van der Waals surface area (Å²) in [7, 11) is 0. The number of amides is 1. The van der Waals surface area contributed by atoms with Crippen LogP contribution in [0.3, 0.4) is 0 Å². The Kier molecular flexibility index (Phi) is 9.20. The van der Waals surface area contributed by atoms with Crippen LogP contribution in [0.2, 0.25) is 0 Å². The van der Waals surface area contributed by atoms with Gasteiger partial charge in [-0.3, -0.25) is 4.79 Å². The van der Waals surface area contributed by atoms with E-state index in [0.717, 1.165) is 38.0 Å². The van der Waals surface area contributed by atoms with Crippen molar-refractivity contribution in [1.29, 1.82) is 0 Å². The number of aliphatic hydroxyl groups is 1. The highest BCUT2D eigenvalue weighted by atomic mass is 16.4. The van der Waals surface area contributed by atoms with Crippen molar-refractivity contribution in [3.05, 3.63) is 35.9 Å². The Balaban J connectivity index is 0.000000450. The molecule has 1 amide bonds. The lowest BCUT2D eigenvalue weighted by Gasteiger charge is -2.16. The molecule has 1 heterocycles. The number of nitrogens with one attached hydrogen (secondary N) is 1. The second-order valence-corrected chi connectivity index (χ2v) is 5.58. The molecule has 138 valence electrons. The summed E-state index contributed by atoms with van der Waals surface area (Å²) in [5.41, 5.74) is 0.935. The molecule has 2 rings (SSSR count). The SMILES string of the molecule is O=C(O)C(=O)O.O=C1CCCN1CCCNCC(O)c1ccccc1. The maximum atomic E-state index is 11.4. The average Bonchev–Trinajstić information content (AvgIpc) is 3.00. The predicted octanol–water partition coefficient (Wildman–Crippen LogP) is 0.478. The number of likely N-dealkylation sites (tertiary alicyclic amines) is 1. The maximum Gasteiger partial charge on any atom is 0.414 e. The van der Waals surface area contributed by atoms with Gasteiger partial charge in [-0.2, -0.15) is 0 Å². The molecule has 25 heavy (non-hydrogen) atoms. The van der Waals surface area contributed by atoms with E-state index in [0.29, 0.717) is 13.0 Å². The molecule has 0 bridgehead atoms. The molecule has 1 aromatic carbocycles. The van der Waals surface area contributed by atoms with Gasteiger partial charge >= 0.3 is 11.9 Å². The summed E-state index contributed by atoms with van der Waals surface area (Å²) < 4.78 is 0. The number of hydrogen-bond acceptors (Lipinski definition) is 5. The number of carbonyl (C=O) groups excluding carboxylic acids is 1. The molecule has 1 aromatic rings. The number of hydrogen-bond donors (Lipinski definition) is 4. The first-order chi connectivity index (χ1) is 11.9. The minimum Gasteiger partial charge on any atom is -0.473 e. The molecule has 1 aliphatic heterocycles. The molecule has 1 unspecified atom stereocenters. The number of aliphatic hydroxyl groups excluding tert-OH is 1. The summed E-state index contributed by atoms with van der Waals surface area (Å²) in [6.07, 6.45) is 2.18. The van der Waals surface area contributed by atoms with Crippen LogP contribution in [0.5, 0.6) is 0 Å². The Labute approximate surface area is 146 Å². The van der Waals surface area contributed by atoms with Gasteiger partial charge in [-0.15, -0.1) is 0 Å². The van der Waals surface area contributed by atoms with Crippen LogP contribution in [-0.4, -0.2) is 64.2 Å². The fourth-order valence-corrected chi connectivity index (χ4v) is 2.37. The van der Waals surface area contributed by atoms with Crippen molar-refractivity contribution in [1.82, 2.24) is 10.2 Å². The number of carboxylic acid groups (broad SMARTS) is 2. The smallest absolute Gasteiger partial charge is 0.414 e. The molecule has 1 fully saturated rings. The van der Waals surface area contributed by atoms with Crippen LogP contribution in [0, 0.1) is 0 Å². The Bertz CT molecular complexity index is 552. The minimum atomic E-state index is -1.82. The van der Waals surface area contributed by atoms with Gasteiger partial charge in [0.2, 0.25) is 5.91 Å². The zero-order valence-corrected chi connectivity index (χ0v) is 13.9. The monoisotopic (exact) mass is 352 g/mol. The molecule has 4 N–H and O–H groups in total. The highest BCUT2D eigenvalue weighted by molar-refractivity contribution is 6.27. The number of benzene rings is 1. The van der Waals surface area contributed by atoms with Gasteiger partial charge < -0.3 is 25.5 Å². The molecule has 8 nitrogen and oxygen atoms in total. The normalized spacial score (nSPS) is 14.6. The molecule has 0 radical (unpaired) electrons. The molecule has 1 saturated heterocycles. The van der Waals surface area contributed by atoms with Crippen molar-refractivity contribution in [3.63, 3.8) is 0 Å². The van der Waals surface area contributed by atoms with E-state index >= 15 is 0 Å². The lowest BCUT2D eigenvalue weighted by molar-refractivity contribution is -0.159. The van der Waals surface area contributed by atoms with Gasteiger partial charge in [0.1, 0.15) is 0 Å². The number of carboxylic acids is 2. The van der Waals surface area contributed by atoms with Gasteiger partial charge in [-0.1, -0.05) is 30.3 Å². The summed E-state index contributed by atoms with van der Waals surface area (Å²) in [5.74, 6) is -3.37. The van der Waals surface area contributed by atoms with Crippen molar-refractivity contribution >= 4 is 17.8 Å². The highest BCUT2D eigenvalue weighted by Gasteiger charge is 2.18. The van der Waals surface area contributed by atoms with Gasteiger partial charge in [0.05, 0.1) is 6.10 Å². The number of carbonyl (C=O) groups is 3. The third-order valence-electron chi connectivity index (χ3n) is 3.66. The Hall–Kier alpha value is -2.45. The van der Waals surface area contributed by atoms with Gasteiger partial charge in [-0.25, -0.2) is 9.59 Å². The summed E-state index contributed by atoms with van der Waals surface area (Å²) in [6.45, 7) is 3.12. The van der Waals surface area contributed by atoms with Crippen LogP contribution < -0.4 is 5.32 Å². The molecule has 0 aromatic heterocycles. The minimum absolute atomic E-state index is 0.282. The standard InChI is InChI=1S/C15H22N2O2.C2H2O4/c18-14(13-6-2-1-3-7-13)12-16-9-5-11-17-10-4-8-15(17)19;3-1(4)2(5)6/h1-3,6-7,14,16,18H,4-5,8-12H2;(H,3,4)(H,5,6). The van der Waals surface area contributed by atoms with Crippen molar-refractivity contribution in [2.75, 3.05) is 26.2 Å². The first-order valence-corrected chi connectivity index (χ1v) is 8.09. The van der Waals surface area contributed by atoms with Crippen LogP contribution in [0.1, 0.15) is 30.9 Å². The van der Waals surface area contributed by atoms with Crippen molar-refractivity contribution in [2.45, 2.75) is 25.4 Å². The van der Waals surface area contributed by atoms with E-state index in [1.54, 1.807) is 0 Å². The van der Waals surface area contributed by atoms with E-state index in [-0.39, 0.29) is 5.91 Å². The first-order valence-electron chi connectivity index (χ1n) is 8.09. The summed E-state index contributed by atoms with van der Waals surface area (Å²) in [6, 6.07) is 9.65. The van der Waals surface area contributed by atoms with Gasteiger partial charge in [0.15, 0.2) is 0 Å². The molecular formula is C17H24N2O6. The van der Waals surface area contributed by atoms with E-state index in [4.69, 9.17) is 19.8 Å². The van der Waals surface area contributed by atoms with E-state index in [1.165, 1.54) is 0 Å². The fraction of sp³-hybridized carbons (Fsp3) is 0.471. The predicted molar refractivity (Wildman–Crippen MR) is 90.0 cm³/mol. The summed E-state index contributed by atoms with van der Waals surface area (Å²) in [5, 5.41) is 28.0. The molecular weight excluding hydrogens is 328 g/mol. The van der Waals surface area contributed by atoms with Crippen LogP contribution in [0.25, 0.3) is 0 Å². The second kappa shape index (κ2) is 11.2. The number of nitrogens with zero attached hydrogens (tertiary/aromatic N) is 1. The number of aliphatic carboxylic acids is 2. The average molecular weight is 352 g/mol. The lowest BCUT2D eigenvalue weighted by Crippen LogP contribution is -2.29. The molecule has 0 aliphatic carbocycles. The lowest BCUT2D eigenvalue weighted by atomic mass is 10.1. The molecule has 1 atom stereocenters. The zero-order valence-electron chi connectivity index (χ0n) is 13.9. The van der Waals surface area contributed by atoms with Crippen LogP contribution >= 0.6 is 0 Å². The number of rotatable bonds is 7. The summed E-state index contributed by atoms with van der Waals surface area (Å²) in [4.78, 5) is 31.5. The van der Waals surface area contributed by atoms with Gasteiger partial charge in [-0.05, 0) is 24.9 Å². The van der Waals surface area contributed by atoms with Crippen molar-refractivity contribution in [3.8, 4) is 0 Å². The largest absolute Gasteiger partial charge is 0.473 e. The Morgan fingerprint density at radius 3 is 2.32 bits per heavy atom. The van der Waals surface area contributed by atoms with Crippen LogP contribution in [0.4, 0.5) is 0 Å². The van der Waals surface area contributed by atoms with E-state index in [1.807, 2.05) is 35.2 Å². The molecule has 0 saturated carbocycles. The molecule has 8 heteroatoms. The molecule has 0 spiro atoms. The molecule has 1 aliphatic rings.